The first-order chi connectivity index (χ1) is 11.7. The molecule has 5 heteroatoms. The van der Waals surface area contributed by atoms with Crippen molar-refractivity contribution in [2.24, 2.45) is 10.2 Å². The van der Waals surface area contributed by atoms with E-state index in [1.807, 2.05) is 25.1 Å². The zero-order valence-corrected chi connectivity index (χ0v) is 13.9. The Hall–Kier alpha value is -2.95. The molecule has 3 rings (SSSR count). The Morgan fingerprint density at radius 1 is 1.00 bits per heavy atom. The second-order valence-electron chi connectivity index (χ2n) is 5.51. The molecule has 122 valence electrons. The summed E-state index contributed by atoms with van der Waals surface area (Å²) in [6.45, 7) is 5.81. The number of nitrogens with zero attached hydrogens (tertiary/aromatic N) is 4. The number of azo groups is 1. The highest BCUT2D eigenvalue weighted by Gasteiger charge is 2.05. The molecule has 3 aromatic rings. The Kier molecular flexibility index (Phi) is 5.01. The molecule has 0 N–H and O–H groups in total. The van der Waals surface area contributed by atoms with E-state index in [9.17, 15) is 0 Å². The highest BCUT2D eigenvalue weighted by Crippen LogP contribution is 2.23. The first kappa shape index (κ1) is 15.9. The third-order valence-corrected chi connectivity index (χ3v) is 3.70. The lowest BCUT2D eigenvalue weighted by Crippen LogP contribution is -2.21. The minimum atomic E-state index is 0.482. The van der Waals surface area contributed by atoms with Crippen LogP contribution in [0.2, 0.25) is 0 Å². The predicted molar refractivity (Wildman–Crippen MR) is 95.0 cm³/mol. The van der Waals surface area contributed by atoms with Crippen LogP contribution >= 0.6 is 0 Å². The van der Waals surface area contributed by atoms with Crippen LogP contribution in [-0.2, 0) is 6.54 Å². The molecule has 0 fully saturated rings. The van der Waals surface area contributed by atoms with Crippen molar-refractivity contribution in [2.45, 2.75) is 20.4 Å². The van der Waals surface area contributed by atoms with Crippen LogP contribution in [0.3, 0.4) is 0 Å². The van der Waals surface area contributed by atoms with Crippen molar-refractivity contribution in [3.63, 3.8) is 0 Å². The summed E-state index contributed by atoms with van der Waals surface area (Å²) in [5.74, 6) is 1.20. The van der Waals surface area contributed by atoms with Gasteiger partial charge in [0.25, 0.3) is 0 Å². The van der Waals surface area contributed by atoms with Crippen LogP contribution in [0.1, 0.15) is 18.2 Å². The molecule has 0 unspecified atom stereocenters. The molecule has 24 heavy (non-hydrogen) atoms. The summed E-state index contributed by atoms with van der Waals surface area (Å²) in [6.07, 6.45) is 0. The molecule has 0 aliphatic rings. The average Bonchev–Trinajstić information content (AvgIpc) is 3.05. The molecular weight excluding hydrogens is 300 g/mol. The SMILES string of the molecule is CCN(Cc1ccccc1)c1ccc(N=Nc2cc(C)on2)cc1. The fourth-order valence-corrected chi connectivity index (χ4v) is 2.43. The number of aromatic nitrogens is 1. The van der Waals surface area contributed by atoms with Crippen LogP contribution in [0, 0.1) is 6.92 Å². The second kappa shape index (κ2) is 7.55. The normalized spacial score (nSPS) is 11.1. The van der Waals surface area contributed by atoms with Gasteiger partial charge in [0.15, 0.2) is 0 Å². The quantitative estimate of drug-likeness (QED) is 0.569. The van der Waals surface area contributed by atoms with E-state index in [0.29, 0.717) is 5.82 Å². The van der Waals surface area contributed by atoms with Gasteiger partial charge in [-0.3, -0.25) is 0 Å². The van der Waals surface area contributed by atoms with Crippen LogP contribution in [0.15, 0.2) is 75.4 Å². The summed E-state index contributed by atoms with van der Waals surface area (Å²) in [7, 11) is 0. The van der Waals surface area contributed by atoms with Crippen molar-refractivity contribution in [1.29, 1.82) is 0 Å². The highest BCUT2D eigenvalue weighted by molar-refractivity contribution is 5.53. The lowest BCUT2D eigenvalue weighted by atomic mass is 10.2. The number of benzene rings is 2. The third-order valence-electron chi connectivity index (χ3n) is 3.70. The Morgan fingerprint density at radius 2 is 1.75 bits per heavy atom. The summed E-state index contributed by atoms with van der Waals surface area (Å²) in [5.41, 5.74) is 3.25. The maximum absolute atomic E-state index is 4.96. The fraction of sp³-hybridized carbons (Fsp3) is 0.211. The highest BCUT2D eigenvalue weighted by atomic mass is 16.5. The molecule has 0 aliphatic carbocycles. The van der Waals surface area contributed by atoms with E-state index in [0.717, 1.165) is 30.2 Å². The van der Waals surface area contributed by atoms with E-state index in [1.165, 1.54) is 5.56 Å². The number of anilines is 1. The molecule has 0 amide bonds. The largest absolute Gasteiger partial charge is 0.367 e. The molecule has 5 nitrogen and oxygen atoms in total. The third kappa shape index (κ3) is 4.07. The molecule has 0 saturated carbocycles. The van der Waals surface area contributed by atoms with Gasteiger partial charge in [0.2, 0.25) is 5.82 Å². The molecule has 0 spiro atoms. The van der Waals surface area contributed by atoms with Gasteiger partial charge in [-0.15, -0.1) is 10.2 Å². The summed E-state index contributed by atoms with van der Waals surface area (Å²) in [6, 6.07) is 20.3. The first-order valence-corrected chi connectivity index (χ1v) is 7.98. The van der Waals surface area contributed by atoms with Crippen molar-refractivity contribution in [1.82, 2.24) is 5.16 Å². The van der Waals surface area contributed by atoms with E-state index < -0.39 is 0 Å². The van der Waals surface area contributed by atoms with Gasteiger partial charge in [-0.05, 0) is 43.7 Å². The maximum Gasteiger partial charge on any atom is 0.216 e. The van der Waals surface area contributed by atoms with Crippen molar-refractivity contribution < 1.29 is 4.52 Å². The zero-order valence-electron chi connectivity index (χ0n) is 13.9. The minimum absolute atomic E-state index is 0.482. The van der Waals surface area contributed by atoms with Crippen molar-refractivity contribution in [3.05, 3.63) is 72.0 Å². The van der Waals surface area contributed by atoms with Gasteiger partial charge in [-0.1, -0.05) is 35.5 Å². The molecule has 1 heterocycles. The molecule has 0 aliphatic heterocycles. The summed E-state index contributed by atoms with van der Waals surface area (Å²) < 4.78 is 4.96. The predicted octanol–water partition coefficient (Wildman–Crippen LogP) is 5.42. The Balaban J connectivity index is 1.69. The van der Waals surface area contributed by atoms with E-state index >= 15 is 0 Å². The first-order valence-electron chi connectivity index (χ1n) is 7.98. The smallest absolute Gasteiger partial charge is 0.216 e. The van der Waals surface area contributed by atoms with Gasteiger partial charge in [0, 0.05) is 24.8 Å². The van der Waals surface area contributed by atoms with Gasteiger partial charge >= 0.3 is 0 Å². The molecule has 0 radical (unpaired) electrons. The van der Waals surface area contributed by atoms with Gasteiger partial charge < -0.3 is 9.42 Å². The van der Waals surface area contributed by atoms with Crippen molar-refractivity contribution >= 4 is 17.2 Å². The average molecular weight is 320 g/mol. The number of rotatable bonds is 6. The van der Waals surface area contributed by atoms with E-state index in [4.69, 9.17) is 4.52 Å². The Labute approximate surface area is 141 Å². The van der Waals surface area contributed by atoms with E-state index in [2.05, 4.69) is 63.6 Å². The Morgan fingerprint density at radius 3 is 2.38 bits per heavy atom. The van der Waals surface area contributed by atoms with Crippen LogP contribution in [0.4, 0.5) is 17.2 Å². The van der Waals surface area contributed by atoms with E-state index in [-0.39, 0.29) is 0 Å². The number of hydrogen-bond donors (Lipinski definition) is 0. The maximum atomic E-state index is 4.96. The summed E-state index contributed by atoms with van der Waals surface area (Å²) in [5, 5.41) is 12.0. The van der Waals surface area contributed by atoms with Crippen molar-refractivity contribution in [3.8, 4) is 0 Å². The molecule has 1 aromatic heterocycles. The summed E-state index contributed by atoms with van der Waals surface area (Å²) in [4.78, 5) is 2.32. The Bertz CT molecular complexity index is 794. The second-order valence-corrected chi connectivity index (χ2v) is 5.51. The van der Waals surface area contributed by atoms with E-state index in [1.54, 1.807) is 6.07 Å². The van der Waals surface area contributed by atoms with Gasteiger partial charge in [-0.2, -0.15) is 0 Å². The molecular formula is C19H20N4O. The van der Waals surface area contributed by atoms with Crippen LogP contribution < -0.4 is 4.90 Å². The zero-order chi connectivity index (χ0) is 16.8. The molecule has 2 aromatic carbocycles. The topological polar surface area (TPSA) is 54.0 Å². The van der Waals surface area contributed by atoms with Gasteiger partial charge in [0.1, 0.15) is 5.76 Å². The van der Waals surface area contributed by atoms with Crippen LogP contribution in [0.25, 0.3) is 0 Å². The van der Waals surface area contributed by atoms with Crippen LogP contribution in [0.5, 0.6) is 0 Å². The van der Waals surface area contributed by atoms with Gasteiger partial charge in [0.05, 0.1) is 5.69 Å². The summed E-state index contributed by atoms with van der Waals surface area (Å²) >= 11 is 0. The monoisotopic (exact) mass is 320 g/mol. The standard InChI is InChI=1S/C19H20N4O/c1-3-23(14-16-7-5-4-6-8-16)18-11-9-17(10-12-18)20-21-19-13-15(2)24-22-19/h4-13H,3,14H2,1-2H3. The fourth-order valence-electron chi connectivity index (χ4n) is 2.43. The lowest BCUT2D eigenvalue weighted by molar-refractivity contribution is 0.399. The number of aryl methyl sites for hydroxylation is 1. The van der Waals surface area contributed by atoms with Crippen LogP contribution in [-0.4, -0.2) is 11.7 Å². The molecule has 0 bridgehead atoms. The molecule has 0 saturated heterocycles. The van der Waals surface area contributed by atoms with Crippen molar-refractivity contribution in [2.75, 3.05) is 11.4 Å². The number of hydrogen-bond acceptors (Lipinski definition) is 5. The molecule has 0 atom stereocenters. The van der Waals surface area contributed by atoms with Gasteiger partial charge in [-0.25, -0.2) is 0 Å². The lowest BCUT2D eigenvalue weighted by Gasteiger charge is -2.23. The minimum Gasteiger partial charge on any atom is -0.367 e.